The molecule has 0 aliphatic carbocycles. The molecule has 1 N–H and O–H groups in total. The summed E-state index contributed by atoms with van der Waals surface area (Å²) >= 11 is 0. The molecule has 1 atom stereocenters. The first-order valence-electron chi connectivity index (χ1n) is 4.56. The molecule has 4 heteroatoms. The number of carbonyl (C=O) groups excluding carboxylic acids is 1. The molecular weight excluding hydrogens is 170 g/mol. The quantitative estimate of drug-likeness (QED) is 0.677. The lowest BCUT2D eigenvalue weighted by molar-refractivity contribution is 0.0526. The summed E-state index contributed by atoms with van der Waals surface area (Å²) in [4.78, 5) is 11.1. The van der Waals surface area contributed by atoms with Gasteiger partial charge in [-0.2, -0.15) is 0 Å². The van der Waals surface area contributed by atoms with Gasteiger partial charge in [-0.25, -0.2) is 4.79 Å². The van der Waals surface area contributed by atoms with Crippen molar-refractivity contribution < 1.29 is 14.3 Å². The highest BCUT2D eigenvalue weighted by atomic mass is 16.6. The first-order valence-corrected chi connectivity index (χ1v) is 4.56. The second-order valence-electron chi connectivity index (χ2n) is 4.17. The van der Waals surface area contributed by atoms with Gasteiger partial charge < -0.3 is 14.8 Å². The molecular formula is C9H17NO3. The zero-order valence-electron chi connectivity index (χ0n) is 8.42. The lowest BCUT2D eigenvalue weighted by Gasteiger charge is -2.19. The molecule has 0 spiro atoms. The molecule has 0 aromatic rings. The highest BCUT2D eigenvalue weighted by Gasteiger charge is 2.22. The fourth-order valence-corrected chi connectivity index (χ4v) is 0.884. The number of alkyl carbamates (subject to hydrolysis) is 1. The van der Waals surface area contributed by atoms with Crippen molar-refractivity contribution in [1.29, 1.82) is 0 Å². The number of hydrogen-bond acceptors (Lipinski definition) is 3. The number of amides is 1. The predicted octanol–water partition coefficient (Wildman–Crippen LogP) is 1.30. The Morgan fingerprint density at radius 3 is 2.69 bits per heavy atom. The summed E-state index contributed by atoms with van der Waals surface area (Å²) in [5, 5.41) is 2.67. The van der Waals surface area contributed by atoms with Crippen LogP contribution in [0.15, 0.2) is 0 Å². The molecule has 4 nitrogen and oxygen atoms in total. The molecule has 0 bridgehead atoms. The van der Waals surface area contributed by atoms with Crippen LogP contribution in [-0.4, -0.2) is 30.9 Å². The minimum Gasteiger partial charge on any atom is -0.444 e. The molecule has 1 rings (SSSR count). The molecule has 1 fully saturated rings. The molecule has 1 amide bonds. The van der Waals surface area contributed by atoms with Gasteiger partial charge in [-0.15, -0.1) is 0 Å². The van der Waals surface area contributed by atoms with Crippen LogP contribution in [0, 0.1) is 0 Å². The largest absolute Gasteiger partial charge is 0.444 e. The van der Waals surface area contributed by atoms with Crippen LogP contribution in [0.2, 0.25) is 0 Å². The van der Waals surface area contributed by atoms with E-state index in [9.17, 15) is 4.79 Å². The van der Waals surface area contributed by atoms with Crippen molar-refractivity contribution in [3.63, 3.8) is 0 Å². The minimum absolute atomic E-state index is 0.354. The monoisotopic (exact) mass is 187 g/mol. The third kappa shape index (κ3) is 5.47. The molecule has 13 heavy (non-hydrogen) atoms. The van der Waals surface area contributed by atoms with E-state index >= 15 is 0 Å². The number of ether oxygens (including phenoxy) is 2. The number of carbonyl (C=O) groups is 1. The van der Waals surface area contributed by atoms with Crippen LogP contribution >= 0.6 is 0 Å². The number of rotatable bonds is 3. The molecule has 0 aromatic carbocycles. The van der Waals surface area contributed by atoms with E-state index in [1.54, 1.807) is 0 Å². The molecule has 1 saturated heterocycles. The predicted molar refractivity (Wildman–Crippen MR) is 48.6 cm³/mol. The highest BCUT2D eigenvalue weighted by molar-refractivity contribution is 5.67. The summed E-state index contributed by atoms with van der Waals surface area (Å²) in [5.41, 5.74) is -0.417. The van der Waals surface area contributed by atoms with Crippen molar-refractivity contribution in [2.45, 2.75) is 38.9 Å². The molecule has 0 radical (unpaired) electrons. The Labute approximate surface area is 78.6 Å². The number of epoxide rings is 1. The van der Waals surface area contributed by atoms with Crippen LogP contribution in [0.3, 0.4) is 0 Å². The normalized spacial score (nSPS) is 21.0. The molecule has 0 aromatic heterocycles. The van der Waals surface area contributed by atoms with Crippen LogP contribution in [0.5, 0.6) is 0 Å². The highest BCUT2D eigenvalue weighted by Crippen LogP contribution is 2.12. The van der Waals surface area contributed by atoms with Gasteiger partial charge in [-0.1, -0.05) is 0 Å². The van der Waals surface area contributed by atoms with Crippen LogP contribution in [0.4, 0.5) is 4.79 Å². The Kier molecular flexibility index (Phi) is 3.14. The van der Waals surface area contributed by atoms with Crippen molar-refractivity contribution >= 4 is 6.09 Å². The average molecular weight is 187 g/mol. The zero-order chi connectivity index (χ0) is 9.90. The van der Waals surface area contributed by atoms with Gasteiger partial charge in [0.05, 0.1) is 12.7 Å². The van der Waals surface area contributed by atoms with Gasteiger partial charge in [-0.05, 0) is 27.2 Å². The van der Waals surface area contributed by atoms with Crippen LogP contribution in [-0.2, 0) is 9.47 Å². The summed E-state index contributed by atoms with van der Waals surface area (Å²) in [5.74, 6) is 0. The van der Waals surface area contributed by atoms with E-state index in [1.165, 1.54) is 0 Å². The maximum atomic E-state index is 11.1. The Bertz CT molecular complexity index is 182. The average Bonchev–Trinajstić information content (AvgIpc) is 2.66. The van der Waals surface area contributed by atoms with E-state index in [0.717, 1.165) is 13.0 Å². The lowest BCUT2D eigenvalue weighted by Crippen LogP contribution is -2.33. The molecule has 1 aliphatic heterocycles. The number of hydrogen-bond donors (Lipinski definition) is 1. The van der Waals surface area contributed by atoms with Gasteiger partial charge >= 0.3 is 6.09 Å². The zero-order valence-corrected chi connectivity index (χ0v) is 8.42. The van der Waals surface area contributed by atoms with E-state index in [1.807, 2.05) is 20.8 Å². The standard InChI is InChI=1S/C9H17NO3/c1-9(2,3)13-8(11)10-5-4-7-6-12-7/h7H,4-6H2,1-3H3,(H,10,11)/t7-/m1/s1. The molecule has 1 heterocycles. The molecule has 1 aliphatic rings. The third-order valence-electron chi connectivity index (χ3n) is 1.54. The van der Waals surface area contributed by atoms with E-state index in [4.69, 9.17) is 9.47 Å². The van der Waals surface area contributed by atoms with Gasteiger partial charge in [0.1, 0.15) is 5.60 Å². The fourth-order valence-electron chi connectivity index (χ4n) is 0.884. The summed E-state index contributed by atoms with van der Waals surface area (Å²) in [6, 6.07) is 0. The Morgan fingerprint density at radius 1 is 1.62 bits per heavy atom. The lowest BCUT2D eigenvalue weighted by atomic mass is 10.2. The minimum atomic E-state index is -0.417. The van der Waals surface area contributed by atoms with Crippen LogP contribution in [0.1, 0.15) is 27.2 Å². The van der Waals surface area contributed by atoms with Crippen molar-refractivity contribution in [1.82, 2.24) is 5.32 Å². The van der Waals surface area contributed by atoms with Crippen LogP contribution in [0.25, 0.3) is 0 Å². The second-order valence-corrected chi connectivity index (χ2v) is 4.17. The summed E-state index contributed by atoms with van der Waals surface area (Å²) in [6.07, 6.45) is 0.877. The fraction of sp³-hybridized carbons (Fsp3) is 0.889. The summed E-state index contributed by atoms with van der Waals surface area (Å²) in [6.45, 7) is 6.99. The van der Waals surface area contributed by atoms with Crippen molar-refractivity contribution in [2.24, 2.45) is 0 Å². The summed E-state index contributed by atoms with van der Waals surface area (Å²) in [7, 11) is 0. The van der Waals surface area contributed by atoms with E-state index in [2.05, 4.69) is 5.32 Å². The Balaban J connectivity index is 2.02. The van der Waals surface area contributed by atoms with Gasteiger partial charge in [0, 0.05) is 6.54 Å². The first-order chi connectivity index (χ1) is 5.97. The molecule has 0 unspecified atom stereocenters. The first kappa shape index (κ1) is 10.3. The Morgan fingerprint density at radius 2 is 2.23 bits per heavy atom. The maximum Gasteiger partial charge on any atom is 0.407 e. The Hall–Kier alpha value is -0.770. The van der Waals surface area contributed by atoms with Crippen molar-refractivity contribution in [3.05, 3.63) is 0 Å². The van der Waals surface area contributed by atoms with Crippen molar-refractivity contribution in [3.8, 4) is 0 Å². The molecule has 76 valence electrons. The third-order valence-corrected chi connectivity index (χ3v) is 1.54. The van der Waals surface area contributed by atoms with Crippen LogP contribution < -0.4 is 5.32 Å². The summed E-state index contributed by atoms with van der Waals surface area (Å²) < 4.78 is 10.0. The van der Waals surface area contributed by atoms with Crippen molar-refractivity contribution in [2.75, 3.05) is 13.2 Å². The second kappa shape index (κ2) is 3.96. The maximum absolute atomic E-state index is 11.1. The van der Waals surface area contributed by atoms with Gasteiger partial charge in [0.15, 0.2) is 0 Å². The van der Waals surface area contributed by atoms with Gasteiger partial charge in [-0.3, -0.25) is 0 Å². The topological polar surface area (TPSA) is 50.9 Å². The van der Waals surface area contributed by atoms with E-state index in [-0.39, 0.29) is 6.09 Å². The molecule has 0 saturated carbocycles. The SMILES string of the molecule is CC(C)(C)OC(=O)NCC[C@@H]1CO1. The smallest absolute Gasteiger partial charge is 0.407 e. The van der Waals surface area contributed by atoms with Gasteiger partial charge in [0.25, 0.3) is 0 Å². The number of nitrogens with one attached hydrogen (secondary N) is 1. The van der Waals surface area contributed by atoms with E-state index in [0.29, 0.717) is 12.6 Å². The van der Waals surface area contributed by atoms with Gasteiger partial charge in [0.2, 0.25) is 0 Å². The van der Waals surface area contributed by atoms with E-state index < -0.39 is 5.60 Å².